The summed E-state index contributed by atoms with van der Waals surface area (Å²) in [5, 5.41) is 17.0. The minimum atomic E-state index is -1.45. The van der Waals surface area contributed by atoms with E-state index in [4.69, 9.17) is 41.0 Å². The van der Waals surface area contributed by atoms with Gasteiger partial charge in [-0.1, -0.05) is 72.3 Å². The molecule has 0 aliphatic carbocycles. The maximum atomic E-state index is 16.5. The van der Waals surface area contributed by atoms with Crippen LogP contribution in [0.3, 0.4) is 0 Å². The van der Waals surface area contributed by atoms with Crippen LogP contribution >= 0.6 is 34.3 Å². The Balaban J connectivity index is 0.750. The largest absolute Gasteiger partial charge is 0.378 e. The zero-order valence-corrected chi connectivity index (χ0v) is 49.4. The van der Waals surface area contributed by atoms with Crippen LogP contribution in [-0.2, 0) is 19.1 Å². The Bertz CT molecular complexity index is 4220. The quantitative estimate of drug-likeness (QED) is 0.0673. The molecule has 8 heterocycles. The molecule has 88 heavy (non-hydrogen) atoms. The number of fused-ring (bicyclic) bond motifs is 2. The van der Waals surface area contributed by atoms with Gasteiger partial charge in [-0.25, -0.2) is 34.3 Å². The molecular weight excluding hydrogens is 1170 g/mol. The molecule has 0 saturated carbocycles. The number of carbonyl (C=O) groups is 2. The number of carbonyl (C=O) groups excluding carboxylic acids is 2. The van der Waals surface area contributed by atoms with E-state index in [2.05, 4.69) is 65.3 Å². The summed E-state index contributed by atoms with van der Waals surface area (Å²) in [6, 6.07) is 47.3. The number of nitrogens with zero attached hydrogens (tertiary/aromatic N) is 10. The molecule has 2 aliphatic heterocycles. The highest BCUT2D eigenvalue weighted by atomic mass is 35.5. The first-order valence-corrected chi connectivity index (χ1v) is 30.7. The lowest BCUT2D eigenvalue weighted by molar-refractivity contribution is -0.124. The molecule has 2 atom stereocenters. The second-order valence-electron chi connectivity index (χ2n) is 20.9. The summed E-state index contributed by atoms with van der Waals surface area (Å²) in [5.41, 5.74) is 10.2. The lowest BCUT2D eigenvalue weighted by atomic mass is 9.79. The monoisotopic (exact) mass is 1220 g/mol. The van der Waals surface area contributed by atoms with Crippen LogP contribution in [0.1, 0.15) is 23.0 Å². The van der Waals surface area contributed by atoms with Crippen molar-refractivity contribution in [3.63, 3.8) is 0 Å². The third-order valence-electron chi connectivity index (χ3n) is 15.5. The molecule has 2 fully saturated rings. The molecular formula is C66H54ClFN14O4S2. The van der Waals surface area contributed by atoms with Gasteiger partial charge in [0.15, 0.2) is 9.92 Å². The first-order chi connectivity index (χ1) is 43.2. The van der Waals surface area contributed by atoms with Crippen LogP contribution in [0.15, 0.2) is 193 Å². The van der Waals surface area contributed by atoms with Gasteiger partial charge in [0.1, 0.15) is 17.2 Å². The first kappa shape index (κ1) is 55.9. The third-order valence-corrected chi connectivity index (χ3v) is 17.4. The van der Waals surface area contributed by atoms with Crippen LogP contribution < -0.4 is 31.1 Å². The smallest absolute Gasteiger partial charge is 0.233 e. The fraction of sp³-hybridized carbons (Fsp3) is 0.152. The van der Waals surface area contributed by atoms with Gasteiger partial charge < -0.3 is 40.5 Å². The van der Waals surface area contributed by atoms with Gasteiger partial charge in [0, 0.05) is 118 Å². The first-order valence-electron chi connectivity index (χ1n) is 28.5. The van der Waals surface area contributed by atoms with Crippen LogP contribution in [0.5, 0.6) is 0 Å². The number of amides is 2. The fourth-order valence-corrected chi connectivity index (χ4v) is 13.0. The van der Waals surface area contributed by atoms with Crippen molar-refractivity contribution in [2.75, 3.05) is 83.7 Å². The highest BCUT2D eigenvalue weighted by Gasteiger charge is 2.39. The number of hydrogen-bond donors (Lipinski definition) is 4. The van der Waals surface area contributed by atoms with E-state index in [1.165, 1.54) is 34.8 Å². The minimum Gasteiger partial charge on any atom is -0.378 e. The van der Waals surface area contributed by atoms with Crippen molar-refractivity contribution >= 4 is 102 Å². The van der Waals surface area contributed by atoms with E-state index in [1.807, 2.05) is 92.6 Å². The number of ether oxygens (including phenoxy) is 2. The molecule has 0 radical (unpaired) electrons. The summed E-state index contributed by atoms with van der Waals surface area (Å²) in [5.74, 6) is -3.94. The Kier molecular flexibility index (Phi) is 15.8. The third kappa shape index (κ3) is 11.6. The van der Waals surface area contributed by atoms with Crippen molar-refractivity contribution in [1.82, 2.24) is 38.7 Å². The molecule has 2 amide bonds. The molecule has 14 rings (SSSR count). The summed E-state index contributed by atoms with van der Waals surface area (Å²) in [4.78, 5) is 66.0. The highest BCUT2D eigenvalue weighted by Crippen LogP contribution is 2.42. The number of halogens is 2. The Morgan fingerprint density at radius 1 is 0.511 bits per heavy atom. The Morgan fingerprint density at radius 3 is 1.44 bits per heavy atom. The summed E-state index contributed by atoms with van der Waals surface area (Å²) in [6.45, 7) is 6.14. The molecule has 6 aromatic heterocycles. The van der Waals surface area contributed by atoms with Gasteiger partial charge in [-0.05, 0) is 103 Å². The van der Waals surface area contributed by atoms with Gasteiger partial charge in [-0.2, -0.15) is 0 Å². The molecule has 18 nitrogen and oxygen atoms in total. The van der Waals surface area contributed by atoms with Gasteiger partial charge in [-0.15, -0.1) is 22.7 Å². The number of nitrogens with one attached hydrogen (secondary N) is 4. The number of thiazole rings is 2. The second kappa shape index (κ2) is 24.8. The summed E-state index contributed by atoms with van der Waals surface area (Å²) in [6.07, 6.45) is 7.28. The molecule has 2 unspecified atom stereocenters. The Hall–Kier alpha value is -9.90. The van der Waals surface area contributed by atoms with Crippen LogP contribution in [-0.4, -0.2) is 103 Å². The van der Waals surface area contributed by atoms with E-state index in [0.717, 1.165) is 58.9 Å². The fourth-order valence-electron chi connectivity index (χ4n) is 11.3. The van der Waals surface area contributed by atoms with Gasteiger partial charge in [0.25, 0.3) is 0 Å². The molecule has 2 aliphatic rings. The van der Waals surface area contributed by atoms with Crippen molar-refractivity contribution in [3.8, 4) is 45.3 Å². The van der Waals surface area contributed by atoms with Crippen molar-refractivity contribution < 1.29 is 23.5 Å². The van der Waals surface area contributed by atoms with Gasteiger partial charge in [-0.3, -0.25) is 18.4 Å². The van der Waals surface area contributed by atoms with E-state index in [9.17, 15) is 0 Å². The summed E-state index contributed by atoms with van der Waals surface area (Å²) in [7, 11) is 0. The number of aromatic nitrogens is 8. The number of imidazole rings is 2. The SMILES string of the molecule is O=C(Nc1cccc(-c2nc3sccn3c2-c2ccnc(Nc3ccc(N4CCOCC4)cc3)n2)c1)C(c1ccccc1F)C(C(=O)Nc1cccc(-c2nc3sccn3c2-c2ccnc(Nc3ccc(N4CCOCC4)cc3)n2)c1)c1ccccc1Cl. The zero-order valence-electron chi connectivity index (χ0n) is 47.0. The zero-order chi connectivity index (χ0) is 59.5. The average molecular weight is 1230 g/mol. The molecule has 22 heteroatoms. The van der Waals surface area contributed by atoms with Crippen molar-refractivity contribution in [2.24, 2.45) is 0 Å². The maximum absolute atomic E-state index is 16.5. The predicted octanol–water partition coefficient (Wildman–Crippen LogP) is 13.5. The number of benzene rings is 6. The van der Waals surface area contributed by atoms with Crippen molar-refractivity contribution in [3.05, 3.63) is 215 Å². The lowest BCUT2D eigenvalue weighted by Crippen LogP contribution is -2.36. The maximum Gasteiger partial charge on any atom is 0.233 e. The van der Waals surface area contributed by atoms with Crippen LogP contribution in [0.2, 0.25) is 5.02 Å². The number of morpholine rings is 2. The standard InChI is InChI=1S/C66H54ClFN14O4S2/c67-51-13-3-1-11-49(51)55(61(83)71-45-9-5-7-41(39-45)57-59(81-31-37-87-65(81)77-57)53-23-25-69-63(75-53)73-43-15-19-47(20-16-43)79-27-33-85-34-28-79)56(50-12-2-4-14-52(50)68)62(84)72-46-10-6-8-42(40-46)58-60(82-32-38-88-66(82)78-58)54-24-26-70-64(76-54)74-44-17-21-48(22-18-44)80-29-35-86-36-30-80/h1-26,31-32,37-40,55-56H,27-30,33-36H2,(H,71,83)(H,72,84)(H,69,73,75)(H,70,74,76). The number of anilines is 8. The van der Waals surface area contributed by atoms with Gasteiger partial charge in [0.2, 0.25) is 23.7 Å². The Labute approximate surface area is 517 Å². The van der Waals surface area contributed by atoms with Crippen LogP contribution in [0.25, 0.3) is 55.2 Å². The molecule has 4 N–H and O–H groups in total. The van der Waals surface area contributed by atoms with Crippen molar-refractivity contribution in [1.29, 1.82) is 0 Å². The van der Waals surface area contributed by atoms with Gasteiger partial charge >= 0.3 is 0 Å². The predicted molar refractivity (Wildman–Crippen MR) is 345 cm³/mol. The summed E-state index contributed by atoms with van der Waals surface area (Å²) >= 11 is 9.95. The molecule has 6 aromatic carbocycles. The van der Waals surface area contributed by atoms with E-state index >= 15 is 14.0 Å². The minimum absolute atomic E-state index is 0.00532. The second-order valence-corrected chi connectivity index (χ2v) is 23.1. The molecule has 12 aromatic rings. The molecule has 438 valence electrons. The summed E-state index contributed by atoms with van der Waals surface area (Å²) < 4.78 is 31.5. The molecule has 0 bridgehead atoms. The average Bonchev–Trinajstić information content (AvgIpc) is 2.13. The van der Waals surface area contributed by atoms with E-state index in [1.54, 1.807) is 73.1 Å². The van der Waals surface area contributed by atoms with E-state index in [-0.39, 0.29) is 10.6 Å². The highest BCUT2D eigenvalue weighted by molar-refractivity contribution is 7.15. The van der Waals surface area contributed by atoms with E-state index < -0.39 is 29.5 Å². The van der Waals surface area contributed by atoms with E-state index in [0.29, 0.717) is 101 Å². The number of rotatable bonds is 17. The topological polar surface area (TPSA) is 193 Å². The van der Waals surface area contributed by atoms with Gasteiger partial charge in [0.05, 0.1) is 61.0 Å². The molecule has 2 saturated heterocycles. The van der Waals surface area contributed by atoms with Crippen LogP contribution in [0.4, 0.5) is 50.4 Å². The Morgan fingerprint density at radius 2 is 0.966 bits per heavy atom. The van der Waals surface area contributed by atoms with Crippen molar-refractivity contribution in [2.45, 2.75) is 11.8 Å². The normalized spacial score (nSPS) is 14.2. The lowest BCUT2D eigenvalue weighted by Gasteiger charge is -2.28. The molecule has 0 spiro atoms. The van der Waals surface area contributed by atoms with Crippen LogP contribution in [0, 0.1) is 5.82 Å². The number of hydrogen-bond acceptors (Lipinski definition) is 16.